The van der Waals surface area contributed by atoms with E-state index in [1.54, 1.807) is 41.8 Å². The van der Waals surface area contributed by atoms with Crippen molar-refractivity contribution in [2.75, 3.05) is 6.61 Å². The highest BCUT2D eigenvalue weighted by molar-refractivity contribution is 7.07. The van der Waals surface area contributed by atoms with E-state index >= 15 is 0 Å². The Kier molecular flexibility index (Phi) is 9.50. The van der Waals surface area contributed by atoms with E-state index in [-0.39, 0.29) is 24.3 Å². The number of aromatic nitrogens is 1. The third kappa shape index (κ3) is 6.77. The number of carboxylic acids is 1. The predicted molar refractivity (Wildman–Crippen MR) is 186 cm³/mol. The Bertz CT molecular complexity index is 2180. The minimum absolute atomic E-state index is 0.183. The quantitative estimate of drug-likeness (QED) is 0.176. The molecule has 4 aromatic carbocycles. The Morgan fingerprint density at radius 1 is 0.958 bits per heavy atom. The van der Waals surface area contributed by atoms with Gasteiger partial charge in [0.1, 0.15) is 12.4 Å². The highest BCUT2D eigenvalue weighted by atomic mass is 32.1. The third-order valence-electron chi connectivity index (χ3n) is 8.05. The van der Waals surface area contributed by atoms with Crippen molar-refractivity contribution in [1.29, 1.82) is 0 Å². The number of ether oxygens (including phenoxy) is 2. The number of rotatable bonds is 10. The Balaban J connectivity index is 1.41. The topological polar surface area (TPSA) is 107 Å². The van der Waals surface area contributed by atoms with Crippen LogP contribution in [0.3, 0.4) is 0 Å². The highest BCUT2D eigenvalue weighted by Gasteiger charge is 2.35. The van der Waals surface area contributed by atoms with Crippen molar-refractivity contribution in [3.8, 4) is 5.75 Å². The molecule has 9 heteroatoms. The second-order valence-corrected chi connectivity index (χ2v) is 12.6. The van der Waals surface area contributed by atoms with Crippen LogP contribution in [0.1, 0.15) is 70.9 Å². The molecular weight excluding hydrogens is 625 g/mol. The Morgan fingerprint density at radius 2 is 1.69 bits per heavy atom. The van der Waals surface area contributed by atoms with Gasteiger partial charge in [-0.05, 0) is 65.4 Å². The van der Waals surface area contributed by atoms with Crippen LogP contribution in [0.25, 0.3) is 11.8 Å². The number of aromatic carboxylic acids is 1. The van der Waals surface area contributed by atoms with Crippen LogP contribution < -0.4 is 19.6 Å². The normalized spacial score (nSPS) is 14.4. The van der Waals surface area contributed by atoms with Crippen LogP contribution in [-0.2, 0) is 16.1 Å². The first-order valence-electron chi connectivity index (χ1n) is 15.7. The lowest BCUT2D eigenvalue weighted by Gasteiger charge is -2.26. The lowest BCUT2D eigenvalue weighted by molar-refractivity contribution is -0.138. The van der Waals surface area contributed by atoms with Crippen LogP contribution >= 0.6 is 11.3 Å². The van der Waals surface area contributed by atoms with Gasteiger partial charge >= 0.3 is 11.9 Å². The molecule has 0 unspecified atom stereocenters. The second kappa shape index (κ2) is 14.1. The van der Waals surface area contributed by atoms with E-state index < -0.39 is 18.0 Å². The molecule has 0 radical (unpaired) electrons. The molecule has 6 rings (SSSR count). The van der Waals surface area contributed by atoms with Crippen molar-refractivity contribution in [3.05, 3.63) is 162 Å². The average molecular weight is 659 g/mol. The van der Waals surface area contributed by atoms with Crippen molar-refractivity contribution >= 4 is 35.0 Å². The summed E-state index contributed by atoms with van der Waals surface area (Å²) in [6, 6.07) is 30.7. The van der Waals surface area contributed by atoms with Gasteiger partial charge in [0.25, 0.3) is 5.56 Å². The van der Waals surface area contributed by atoms with Crippen molar-refractivity contribution in [1.82, 2.24) is 4.57 Å². The Labute approximate surface area is 281 Å². The standard InChI is InChI=1S/C39H34N2O6S/c1-4-46-38(45)33-34(28-10-6-5-7-11-28)40-39-41(35(33)29-17-15-27(16-18-29)24(2)3)36(42)32(48-39)22-25-13-19-31(20-14-25)47-23-26-9-8-12-30(21-26)37(43)44/h5-22,24,35H,4,23H2,1-3H3,(H,43,44)/b32-22-/t35-/m0/s1. The summed E-state index contributed by atoms with van der Waals surface area (Å²) in [5.41, 5.74) is 4.96. The number of hydrogen-bond acceptors (Lipinski definition) is 7. The van der Waals surface area contributed by atoms with Gasteiger partial charge in [0, 0.05) is 5.56 Å². The number of nitrogens with zero attached hydrogens (tertiary/aromatic N) is 2. The smallest absolute Gasteiger partial charge is 0.338 e. The molecule has 0 amide bonds. The summed E-state index contributed by atoms with van der Waals surface area (Å²) in [6.07, 6.45) is 1.80. The molecule has 0 aliphatic carbocycles. The van der Waals surface area contributed by atoms with E-state index in [4.69, 9.17) is 14.5 Å². The van der Waals surface area contributed by atoms with Crippen LogP contribution in [0.5, 0.6) is 5.75 Å². The van der Waals surface area contributed by atoms with Crippen LogP contribution in [0.15, 0.2) is 118 Å². The number of fused-ring (bicyclic) bond motifs is 1. The van der Waals surface area contributed by atoms with E-state index in [0.717, 1.165) is 27.8 Å². The maximum Gasteiger partial charge on any atom is 0.338 e. The molecule has 0 fully saturated rings. The number of esters is 1. The first kappa shape index (κ1) is 32.4. The predicted octanol–water partition coefficient (Wildman–Crippen LogP) is 6.34. The molecule has 1 N–H and O–H groups in total. The maximum absolute atomic E-state index is 14.2. The summed E-state index contributed by atoms with van der Waals surface area (Å²) < 4.78 is 13.5. The molecule has 1 aliphatic rings. The van der Waals surface area contributed by atoms with Crippen LogP contribution in [0.2, 0.25) is 0 Å². The minimum atomic E-state index is -0.991. The molecule has 1 aromatic heterocycles. The Morgan fingerprint density at radius 3 is 2.35 bits per heavy atom. The van der Waals surface area contributed by atoms with E-state index in [9.17, 15) is 19.5 Å². The largest absolute Gasteiger partial charge is 0.489 e. The fourth-order valence-electron chi connectivity index (χ4n) is 5.59. The second-order valence-electron chi connectivity index (χ2n) is 11.6. The first-order chi connectivity index (χ1) is 23.2. The highest BCUT2D eigenvalue weighted by Crippen LogP contribution is 2.35. The van der Waals surface area contributed by atoms with E-state index in [0.29, 0.717) is 32.3 Å². The molecule has 0 saturated heterocycles. The summed E-state index contributed by atoms with van der Waals surface area (Å²) in [6.45, 7) is 6.39. The summed E-state index contributed by atoms with van der Waals surface area (Å²) in [7, 11) is 0. The van der Waals surface area contributed by atoms with Gasteiger partial charge in [-0.1, -0.05) is 104 Å². The zero-order chi connectivity index (χ0) is 33.8. The summed E-state index contributed by atoms with van der Waals surface area (Å²) in [5, 5.41) is 9.25. The maximum atomic E-state index is 14.2. The zero-order valence-electron chi connectivity index (χ0n) is 26.8. The number of hydrogen-bond donors (Lipinski definition) is 1. The fraction of sp³-hybridized carbons (Fsp3) is 0.179. The van der Waals surface area contributed by atoms with Crippen LogP contribution in [0.4, 0.5) is 0 Å². The molecule has 1 aliphatic heterocycles. The minimum Gasteiger partial charge on any atom is -0.489 e. The van der Waals surface area contributed by atoms with Crippen molar-refractivity contribution in [2.24, 2.45) is 4.99 Å². The van der Waals surface area contributed by atoms with E-state index in [1.807, 2.05) is 72.8 Å². The summed E-state index contributed by atoms with van der Waals surface area (Å²) >= 11 is 1.27. The van der Waals surface area contributed by atoms with Gasteiger partial charge in [-0.2, -0.15) is 0 Å². The van der Waals surface area contributed by atoms with Gasteiger partial charge in [-0.25, -0.2) is 14.6 Å². The van der Waals surface area contributed by atoms with E-state index in [2.05, 4.69) is 13.8 Å². The van der Waals surface area contributed by atoms with Gasteiger partial charge in [0.2, 0.25) is 0 Å². The molecule has 2 heterocycles. The molecular formula is C39H34N2O6S. The van der Waals surface area contributed by atoms with Crippen molar-refractivity contribution < 1.29 is 24.2 Å². The number of thiazole rings is 1. The molecule has 0 bridgehead atoms. The lowest BCUT2D eigenvalue weighted by Crippen LogP contribution is -2.40. The molecule has 1 atom stereocenters. The van der Waals surface area contributed by atoms with Gasteiger partial charge in [0.15, 0.2) is 4.80 Å². The lowest BCUT2D eigenvalue weighted by atomic mass is 9.91. The van der Waals surface area contributed by atoms with Gasteiger partial charge in [0.05, 0.1) is 34.0 Å². The molecule has 5 aromatic rings. The van der Waals surface area contributed by atoms with Crippen LogP contribution in [-0.4, -0.2) is 28.2 Å². The van der Waals surface area contributed by atoms with E-state index in [1.165, 1.54) is 17.4 Å². The van der Waals surface area contributed by atoms with Gasteiger partial charge in [-0.3, -0.25) is 9.36 Å². The van der Waals surface area contributed by atoms with Gasteiger partial charge in [-0.15, -0.1) is 0 Å². The average Bonchev–Trinajstić information content (AvgIpc) is 3.41. The number of benzene rings is 4. The molecule has 0 spiro atoms. The first-order valence-corrected chi connectivity index (χ1v) is 16.5. The summed E-state index contributed by atoms with van der Waals surface area (Å²) in [5.74, 6) is -0.584. The molecule has 0 saturated carbocycles. The van der Waals surface area contributed by atoms with Crippen molar-refractivity contribution in [2.45, 2.75) is 39.3 Å². The molecule has 242 valence electrons. The van der Waals surface area contributed by atoms with Gasteiger partial charge < -0.3 is 14.6 Å². The van der Waals surface area contributed by atoms with Crippen molar-refractivity contribution in [3.63, 3.8) is 0 Å². The number of carbonyl (C=O) groups excluding carboxylic acids is 1. The number of carboxylic acid groups (broad SMARTS) is 1. The molecule has 8 nitrogen and oxygen atoms in total. The Hall–Kier alpha value is -5.54. The van der Waals surface area contributed by atoms with Crippen LogP contribution in [0, 0.1) is 0 Å². The summed E-state index contributed by atoms with van der Waals surface area (Å²) in [4.78, 5) is 44.6. The third-order valence-corrected chi connectivity index (χ3v) is 9.03. The zero-order valence-corrected chi connectivity index (χ0v) is 27.6. The monoisotopic (exact) mass is 658 g/mol. The number of carbonyl (C=O) groups is 2. The fourth-order valence-corrected chi connectivity index (χ4v) is 6.59. The SMILES string of the molecule is CCOC(=O)C1=C(c2ccccc2)N=c2s/c(=C\c3ccc(OCc4cccc(C(=O)O)c4)cc3)c(=O)n2[C@H]1c1ccc(C(C)C)cc1. The molecule has 48 heavy (non-hydrogen) atoms.